The molecule has 0 saturated heterocycles. The smallest absolute Gasteiger partial charge is 0.257 e. The number of nitrogens with one attached hydrogen (secondary N) is 2. The molecule has 0 radical (unpaired) electrons. The van der Waals surface area contributed by atoms with E-state index in [0.29, 0.717) is 29.3 Å². The number of benzene rings is 2. The van der Waals surface area contributed by atoms with Gasteiger partial charge >= 0.3 is 0 Å². The molecule has 2 heterocycles. The van der Waals surface area contributed by atoms with Crippen molar-refractivity contribution in [3.05, 3.63) is 63.9 Å². The van der Waals surface area contributed by atoms with E-state index in [9.17, 15) is 9.59 Å². The third-order valence-electron chi connectivity index (χ3n) is 4.66. The monoisotopic (exact) mass is 412 g/mol. The van der Waals surface area contributed by atoms with Gasteiger partial charge in [-0.25, -0.2) is 9.55 Å². The van der Waals surface area contributed by atoms with Crippen LogP contribution in [0.4, 0.5) is 5.82 Å². The predicted octanol–water partition coefficient (Wildman–Crippen LogP) is 3.60. The first-order valence-electron chi connectivity index (χ1n) is 8.86. The number of anilines is 1. The summed E-state index contributed by atoms with van der Waals surface area (Å²) in [5.74, 6) is 0.141. The summed E-state index contributed by atoms with van der Waals surface area (Å²) in [5.41, 5.74) is 1.79. The zero-order valence-corrected chi connectivity index (χ0v) is 16.4. The molecule has 8 heteroatoms. The number of fused-ring (bicyclic) bond motifs is 3. The van der Waals surface area contributed by atoms with Gasteiger partial charge in [0.2, 0.25) is 10.7 Å². The van der Waals surface area contributed by atoms with E-state index in [0.717, 1.165) is 10.9 Å². The van der Waals surface area contributed by atoms with Crippen LogP contribution in [0.2, 0.25) is 5.02 Å². The number of rotatable bonds is 5. The lowest BCUT2D eigenvalue weighted by Gasteiger charge is -2.10. The van der Waals surface area contributed by atoms with Crippen molar-refractivity contribution in [3.63, 3.8) is 0 Å². The maximum atomic E-state index is 12.7. The molecule has 0 bridgehead atoms. The lowest BCUT2D eigenvalue weighted by Crippen LogP contribution is -2.34. The Balaban J connectivity index is 1.41. The molecule has 1 atom stereocenters. The van der Waals surface area contributed by atoms with Gasteiger partial charge in [-0.05, 0) is 48.5 Å². The van der Waals surface area contributed by atoms with E-state index in [-0.39, 0.29) is 23.0 Å². The molecule has 3 aromatic rings. The number of aromatic nitrogens is 2. The van der Waals surface area contributed by atoms with Crippen LogP contribution in [0.5, 0.6) is 0 Å². The molecule has 4 rings (SSSR count). The van der Waals surface area contributed by atoms with Crippen molar-refractivity contribution >= 4 is 52.4 Å². The summed E-state index contributed by atoms with van der Waals surface area (Å²) in [6.07, 6.45) is 0.721. The molecule has 28 heavy (non-hydrogen) atoms. The highest BCUT2D eigenvalue weighted by Crippen LogP contribution is 2.28. The molecule has 0 unspecified atom stereocenters. The van der Waals surface area contributed by atoms with Gasteiger partial charge in [0.25, 0.3) is 5.91 Å². The summed E-state index contributed by atoms with van der Waals surface area (Å²) in [4.78, 5) is 29.3. The van der Waals surface area contributed by atoms with Crippen molar-refractivity contribution < 1.29 is 9.59 Å². The van der Waals surface area contributed by atoms with Gasteiger partial charge in [0, 0.05) is 17.0 Å². The van der Waals surface area contributed by atoms with E-state index in [1.807, 2.05) is 48.5 Å². The first-order chi connectivity index (χ1) is 13.5. The van der Waals surface area contributed by atoms with Crippen LogP contribution in [0.25, 0.3) is 10.9 Å². The fraction of sp³-hybridized carbons (Fsp3) is 0.200. The number of amides is 1. The van der Waals surface area contributed by atoms with Crippen LogP contribution in [0.1, 0.15) is 16.8 Å². The Hall–Kier alpha value is -2.77. The van der Waals surface area contributed by atoms with Crippen LogP contribution in [0, 0.1) is 4.77 Å². The second-order valence-corrected chi connectivity index (χ2v) is 7.36. The van der Waals surface area contributed by atoms with Crippen molar-refractivity contribution in [3.8, 4) is 0 Å². The van der Waals surface area contributed by atoms with Crippen molar-refractivity contribution in [1.82, 2.24) is 14.9 Å². The Morgan fingerprint density at radius 3 is 2.75 bits per heavy atom. The van der Waals surface area contributed by atoms with Gasteiger partial charge in [-0.2, -0.15) is 0 Å². The van der Waals surface area contributed by atoms with E-state index >= 15 is 0 Å². The molecular formula is C20H17ClN4O2S. The lowest BCUT2D eigenvalue weighted by molar-refractivity contribution is -0.121. The molecule has 1 amide bonds. The van der Waals surface area contributed by atoms with Crippen LogP contribution in [-0.2, 0) is 11.2 Å². The second-order valence-electron chi connectivity index (χ2n) is 6.56. The number of carbonyl (C=O) groups is 2. The van der Waals surface area contributed by atoms with E-state index in [1.54, 1.807) is 0 Å². The van der Waals surface area contributed by atoms with Crippen molar-refractivity contribution in [2.45, 2.75) is 18.9 Å². The van der Waals surface area contributed by atoms with Gasteiger partial charge in [0.15, 0.2) is 0 Å². The first kappa shape index (κ1) is 18.6. The number of hydrogen-bond donors (Lipinski definition) is 2. The van der Waals surface area contributed by atoms with Crippen LogP contribution in [-0.4, -0.2) is 34.0 Å². The van der Waals surface area contributed by atoms with Gasteiger partial charge in [0.05, 0.1) is 11.9 Å². The SMILES string of the molecule is O=C(C[C@@H]1Nc2c3ccccc3nc(=S)n2C1=O)NCCc1ccc(Cl)cc1. The molecule has 0 aliphatic carbocycles. The van der Waals surface area contributed by atoms with Gasteiger partial charge in [-0.3, -0.25) is 9.59 Å². The predicted molar refractivity (Wildman–Crippen MR) is 111 cm³/mol. The van der Waals surface area contributed by atoms with Gasteiger partial charge < -0.3 is 10.6 Å². The summed E-state index contributed by atoms with van der Waals surface area (Å²) < 4.78 is 1.57. The molecule has 2 aromatic carbocycles. The molecule has 0 spiro atoms. The molecule has 1 aliphatic heterocycles. The third-order valence-corrected chi connectivity index (χ3v) is 5.18. The van der Waals surface area contributed by atoms with Gasteiger partial charge in [-0.15, -0.1) is 0 Å². The lowest BCUT2D eigenvalue weighted by atomic mass is 10.1. The van der Waals surface area contributed by atoms with Crippen molar-refractivity contribution in [2.24, 2.45) is 0 Å². The Bertz CT molecular complexity index is 1130. The molecule has 1 aromatic heterocycles. The highest BCUT2D eigenvalue weighted by Gasteiger charge is 2.33. The fourth-order valence-corrected chi connectivity index (χ4v) is 3.67. The number of para-hydroxylation sites is 1. The Labute approximate surface area is 171 Å². The average molecular weight is 413 g/mol. The van der Waals surface area contributed by atoms with Crippen molar-refractivity contribution in [1.29, 1.82) is 0 Å². The molecule has 0 fully saturated rings. The maximum Gasteiger partial charge on any atom is 0.257 e. The fourth-order valence-electron chi connectivity index (χ4n) is 3.26. The molecule has 142 valence electrons. The first-order valence-corrected chi connectivity index (χ1v) is 9.65. The maximum absolute atomic E-state index is 12.7. The quantitative estimate of drug-likeness (QED) is 0.626. The highest BCUT2D eigenvalue weighted by atomic mass is 35.5. The second kappa shape index (κ2) is 7.69. The normalized spacial score (nSPS) is 15.3. The molecule has 6 nitrogen and oxygen atoms in total. The van der Waals surface area contributed by atoms with E-state index in [1.165, 1.54) is 4.57 Å². The topological polar surface area (TPSA) is 76.0 Å². The van der Waals surface area contributed by atoms with Gasteiger partial charge in [-0.1, -0.05) is 35.9 Å². The summed E-state index contributed by atoms with van der Waals surface area (Å²) in [6, 6.07) is 14.3. The minimum atomic E-state index is -0.662. The van der Waals surface area contributed by atoms with E-state index in [4.69, 9.17) is 23.8 Å². The summed E-state index contributed by atoms with van der Waals surface area (Å²) in [5, 5.41) is 7.48. The summed E-state index contributed by atoms with van der Waals surface area (Å²) in [6.45, 7) is 0.484. The largest absolute Gasteiger partial charge is 0.358 e. The van der Waals surface area contributed by atoms with Crippen LogP contribution >= 0.6 is 23.8 Å². The van der Waals surface area contributed by atoms with E-state index < -0.39 is 6.04 Å². The number of nitrogens with zero attached hydrogens (tertiary/aromatic N) is 2. The number of halogens is 1. The Morgan fingerprint density at radius 1 is 1.21 bits per heavy atom. The number of carbonyl (C=O) groups excluding carboxylic acids is 2. The molecule has 0 saturated carbocycles. The molecular weight excluding hydrogens is 396 g/mol. The zero-order valence-electron chi connectivity index (χ0n) is 14.8. The Kier molecular flexibility index (Phi) is 5.11. The standard InChI is InChI=1S/C20H17ClN4O2S/c21-13-7-5-12(6-8-13)9-10-22-17(26)11-16-19(27)25-18(23-16)14-3-1-2-4-15(14)24-20(25)28/h1-8,16,23H,9-11H2,(H,22,26)/t16-/m0/s1. The minimum Gasteiger partial charge on any atom is -0.358 e. The average Bonchev–Trinajstić information content (AvgIpc) is 3.00. The third kappa shape index (κ3) is 3.63. The van der Waals surface area contributed by atoms with Crippen LogP contribution < -0.4 is 10.6 Å². The highest BCUT2D eigenvalue weighted by molar-refractivity contribution is 7.71. The molecule has 2 N–H and O–H groups in total. The number of hydrogen-bond acceptors (Lipinski definition) is 5. The molecule has 1 aliphatic rings. The van der Waals surface area contributed by atoms with Crippen LogP contribution in [0.3, 0.4) is 0 Å². The summed E-state index contributed by atoms with van der Waals surface area (Å²) in [7, 11) is 0. The minimum absolute atomic E-state index is 0.0320. The Morgan fingerprint density at radius 2 is 1.96 bits per heavy atom. The van der Waals surface area contributed by atoms with Crippen molar-refractivity contribution in [2.75, 3.05) is 11.9 Å². The van der Waals surface area contributed by atoms with E-state index in [2.05, 4.69) is 15.6 Å². The van der Waals surface area contributed by atoms with Gasteiger partial charge in [0.1, 0.15) is 11.9 Å². The summed E-state index contributed by atoms with van der Waals surface area (Å²) >= 11 is 11.1. The van der Waals surface area contributed by atoms with Crippen LogP contribution in [0.15, 0.2) is 48.5 Å². The zero-order chi connectivity index (χ0) is 19.7.